The summed E-state index contributed by atoms with van der Waals surface area (Å²) in [4.78, 5) is 16.8. The number of carbonyl (C=O) groups is 1. The van der Waals surface area contributed by atoms with Crippen LogP contribution in [0.2, 0.25) is 0 Å². The second-order valence-electron chi connectivity index (χ2n) is 8.64. The molecule has 0 spiro atoms. The first-order valence-corrected chi connectivity index (χ1v) is 12.9. The molecular weight excluding hydrogens is 449 g/mol. The number of amides is 1. The van der Waals surface area contributed by atoms with E-state index in [0.29, 0.717) is 37.4 Å². The summed E-state index contributed by atoms with van der Waals surface area (Å²) in [6.07, 6.45) is -1.02. The zero-order chi connectivity index (χ0) is 23.0. The average Bonchev–Trinajstić information content (AvgIpc) is 2.93. The third-order valence-corrected chi connectivity index (χ3v) is 8.61. The maximum atomic E-state index is 13.3. The standard InChI is InChI=1S/C21H27F3N2O3S2/c1-14(16-6-4-5-7-17(16)21(22,23)24)12-18-25-19(27)20(2,30-18)13-15-8-10-26(11-9-15)31(3,28)29/h4-7,14-15H,8-13H2,1-3H3/t14-,20?/m1/s1. The van der Waals surface area contributed by atoms with E-state index in [1.165, 1.54) is 34.5 Å². The number of sulfonamides is 1. The molecule has 2 atom stereocenters. The molecule has 31 heavy (non-hydrogen) atoms. The van der Waals surface area contributed by atoms with Crippen LogP contribution in [0.1, 0.15) is 56.6 Å². The lowest BCUT2D eigenvalue weighted by Crippen LogP contribution is -2.40. The van der Waals surface area contributed by atoms with Crippen LogP contribution in [-0.4, -0.2) is 47.8 Å². The van der Waals surface area contributed by atoms with Crippen molar-refractivity contribution in [3.63, 3.8) is 0 Å². The number of thioether (sulfide) groups is 1. The molecule has 2 heterocycles. The Morgan fingerprint density at radius 2 is 1.87 bits per heavy atom. The molecule has 1 saturated heterocycles. The molecule has 2 aliphatic rings. The third kappa shape index (κ3) is 5.70. The second kappa shape index (κ2) is 8.86. The van der Waals surface area contributed by atoms with Crippen LogP contribution in [0, 0.1) is 5.92 Å². The molecule has 1 amide bonds. The van der Waals surface area contributed by atoms with E-state index in [9.17, 15) is 26.4 Å². The highest BCUT2D eigenvalue weighted by molar-refractivity contribution is 8.16. The van der Waals surface area contributed by atoms with Gasteiger partial charge in [-0.3, -0.25) is 4.79 Å². The maximum Gasteiger partial charge on any atom is 0.416 e. The van der Waals surface area contributed by atoms with Gasteiger partial charge in [0.05, 0.1) is 16.9 Å². The van der Waals surface area contributed by atoms with E-state index in [4.69, 9.17) is 0 Å². The molecule has 1 unspecified atom stereocenters. The monoisotopic (exact) mass is 476 g/mol. The fourth-order valence-electron chi connectivity index (χ4n) is 4.33. The van der Waals surface area contributed by atoms with Crippen LogP contribution in [0.4, 0.5) is 13.2 Å². The summed E-state index contributed by atoms with van der Waals surface area (Å²) in [5, 5.41) is 0.561. The molecule has 172 valence electrons. The predicted octanol–water partition coefficient (Wildman–Crippen LogP) is 4.69. The number of hydrogen-bond donors (Lipinski definition) is 0. The van der Waals surface area contributed by atoms with E-state index in [-0.39, 0.29) is 23.8 Å². The molecule has 10 heteroatoms. The summed E-state index contributed by atoms with van der Waals surface area (Å²) in [6.45, 7) is 4.43. The van der Waals surface area contributed by atoms with Gasteiger partial charge in [-0.15, -0.1) is 0 Å². The highest BCUT2D eigenvalue weighted by atomic mass is 32.2. The first kappa shape index (κ1) is 24.3. The molecule has 0 saturated carbocycles. The SMILES string of the molecule is C[C@H](CC1=NC(=O)C(C)(CC2CCN(S(C)(=O)=O)CC2)S1)c1ccccc1C(F)(F)F. The van der Waals surface area contributed by atoms with Gasteiger partial charge in [0.15, 0.2) is 0 Å². The molecule has 1 aromatic carbocycles. The van der Waals surface area contributed by atoms with Crippen LogP contribution >= 0.6 is 11.8 Å². The molecule has 5 nitrogen and oxygen atoms in total. The molecule has 2 aliphatic heterocycles. The van der Waals surface area contributed by atoms with Crippen LogP contribution in [0.3, 0.4) is 0 Å². The lowest BCUT2D eigenvalue weighted by Gasteiger charge is -2.33. The molecule has 3 rings (SSSR count). The minimum atomic E-state index is -4.43. The van der Waals surface area contributed by atoms with Crippen molar-refractivity contribution in [2.24, 2.45) is 10.9 Å². The van der Waals surface area contributed by atoms with Crippen molar-refractivity contribution in [2.75, 3.05) is 19.3 Å². The topological polar surface area (TPSA) is 66.8 Å². The van der Waals surface area contributed by atoms with E-state index < -0.39 is 32.4 Å². The Labute approximate surface area is 185 Å². The minimum absolute atomic E-state index is 0.201. The third-order valence-electron chi connectivity index (χ3n) is 6.02. The quantitative estimate of drug-likeness (QED) is 0.597. The number of piperidine rings is 1. The first-order valence-electron chi connectivity index (χ1n) is 10.2. The van der Waals surface area contributed by atoms with E-state index in [1.54, 1.807) is 13.0 Å². The van der Waals surface area contributed by atoms with Crippen LogP contribution in [0.15, 0.2) is 29.3 Å². The second-order valence-corrected chi connectivity index (χ2v) is 12.2. The van der Waals surface area contributed by atoms with Gasteiger partial charge >= 0.3 is 6.18 Å². The summed E-state index contributed by atoms with van der Waals surface area (Å²) in [5.74, 6) is -0.482. The number of rotatable bonds is 6. The van der Waals surface area contributed by atoms with Crippen LogP contribution < -0.4 is 0 Å². The van der Waals surface area contributed by atoms with Crippen LogP contribution in [0.5, 0.6) is 0 Å². The van der Waals surface area contributed by atoms with Crippen molar-refractivity contribution in [2.45, 2.75) is 56.4 Å². The highest BCUT2D eigenvalue weighted by Gasteiger charge is 2.44. The fraction of sp³-hybridized carbons (Fsp3) is 0.619. The molecule has 1 fully saturated rings. The Morgan fingerprint density at radius 1 is 1.26 bits per heavy atom. The van der Waals surface area contributed by atoms with Gasteiger partial charge in [0.25, 0.3) is 5.91 Å². The summed E-state index contributed by atoms with van der Waals surface area (Å²) in [7, 11) is -3.21. The van der Waals surface area contributed by atoms with Gasteiger partial charge in [-0.05, 0) is 49.7 Å². The molecular formula is C21H27F3N2O3S2. The summed E-state index contributed by atoms with van der Waals surface area (Å²) in [5.41, 5.74) is -0.453. The van der Waals surface area contributed by atoms with Crippen LogP contribution in [0.25, 0.3) is 0 Å². The lowest BCUT2D eigenvalue weighted by atomic mass is 9.87. The van der Waals surface area contributed by atoms with Crippen molar-refractivity contribution in [1.29, 1.82) is 0 Å². The summed E-state index contributed by atoms with van der Waals surface area (Å²) in [6, 6.07) is 5.51. The Hall–Kier alpha value is -1.39. The summed E-state index contributed by atoms with van der Waals surface area (Å²) < 4.78 is 64.1. The van der Waals surface area contributed by atoms with E-state index in [0.717, 1.165) is 6.07 Å². The van der Waals surface area contributed by atoms with Gasteiger partial charge in [0, 0.05) is 19.5 Å². The van der Waals surface area contributed by atoms with Gasteiger partial charge in [-0.2, -0.15) is 13.2 Å². The number of aliphatic imine (C=N–C) groups is 1. The van der Waals surface area contributed by atoms with E-state index >= 15 is 0 Å². The van der Waals surface area contributed by atoms with Gasteiger partial charge in [0.2, 0.25) is 10.0 Å². The van der Waals surface area contributed by atoms with E-state index in [2.05, 4.69) is 4.99 Å². The Bertz CT molecular complexity index is 970. The maximum absolute atomic E-state index is 13.3. The normalized spacial score (nSPS) is 25.0. The van der Waals surface area contributed by atoms with Gasteiger partial charge in [-0.25, -0.2) is 17.7 Å². The Balaban J connectivity index is 1.63. The molecule has 0 N–H and O–H groups in total. The molecule has 1 aromatic rings. The zero-order valence-electron chi connectivity index (χ0n) is 17.8. The van der Waals surface area contributed by atoms with Gasteiger partial charge in [0.1, 0.15) is 4.75 Å². The smallest absolute Gasteiger partial charge is 0.271 e. The predicted molar refractivity (Wildman–Crippen MR) is 117 cm³/mol. The fourth-order valence-corrected chi connectivity index (χ4v) is 6.64. The zero-order valence-corrected chi connectivity index (χ0v) is 19.4. The van der Waals surface area contributed by atoms with Gasteiger partial charge in [-0.1, -0.05) is 36.9 Å². The van der Waals surface area contributed by atoms with E-state index in [1.807, 2.05) is 6.92 Å². The summed E-state index contributed by atoms with van der Waals surface area (Å²) >= 11 is 1.34. The number of hydrogen-bond acceptors (Lipinski definition) is 4. The molecule has 0 aliphatic carbocycles. The lowest BCUT2D eigenvalue weighted by molar-refractivity contribution is -0.138. The van der Waals surface area contributed by atoms with Crippen molar-refractivity contribution < 1.29 is 26.4 Å². The average molecular weight is 477 g/mol. The van der Waals surface area contributed by atoms with Crippen molar-refractivity contribution in [3.05, 3.63) is 35.4 Å². The minimum Gasteiger partial charge on any atom is -0.271 e. The highest BCUT2D eigenvalue weighted by Crippen LogP contribution is 2.44. The Morgan fingerprint density at radius 3 is 2.45 bits per heavy atom. The van der Waals surface area contributed by atoms with Crippen molar-refractivity contribution in [1.82, 2.24) is 4.31 Å². The first-order chi connectivity index (χ1) is 14.3. The number of nitrogens with zero attached hydrogens (tertiary/aromatic N) is 2. The molecule has 0 bridgehead atoms. The number of carbonyl (C=O) groups excluding carboxylic acids is 1. The van der Waals surface area contributed by atoms with Crippen molar-refractivity contribution >= 4 is 32.7 Å². The molecule has 0 radical (unpaired) electrons. The Kier molecular flexibility index (Phi) is 6.93. The van der Waals surface area contributed by atoms with Gasteiger partial charge < -0.3 is 0 Å². The number of benzene rings is 1. The number of halogens is 3. The van der Waals surface area contributed by atoms with Crippen LogP contribution in [-0.2, 0) is 21.0 Å². The molecule has 0 aromatic heterocycles. The largest absolute Gasteiger partial charge is 0.416 e. The number of alkyl halides is 3. The van der Waals surface area contributed by atoms with Crippen molar-refractivity contribution in [3.8, 4) is 0 Å².